The normalized spacial score (nSPS) is 19.6. The highest BCUT2D eigenvalue weighted by Crippen LogP contribution is 2.26. The van der Waals surface area contributed by atoms with Crippen LogP contribution in [0.15, 0.2) is 11.8 Å². The van der Waals surface area contributed by atoms with Crippen molar-refractivity contribution in [3.63, 3.8) is 0 Å². The number of anilines is 2. The van der Waals surface area contributed by atoms with Gasteiger partial charge in [-0.2, -0.15) is 19.6 Å². The molecule has 2 aromatic rings. The summed E-state index contributed by atoms with van der Waals surface area (Å²) < 4.78 is 6.96. The molecule has 0 spiro atoms. The number of nitrogens with zero attached hydrogens (tertiary/aromatic N) is 5. The third kappa shape index (κ3) is 2.78. The van der Waals surface area contributed by atoms with Crippen molar-refractivity contribution < 1.29 is 9.53 Å². The Balaban J connectivity index is 1.80. The Morgan fingerprint density at radius 3 is 2.96 bits per heavy atom. The molecular weight excluding hydrogens is 310 g/mol. The molecule has 2 aromatic heterocycles. The lowest BCUT2D eigenvalue weighted by Gasteiger charge is -2.15. The van der Waals surface area contributed by atoms with Gasteiger partial charge in [0, 0.05) is 31.3 Å². The first-order valence-corrected chi connectivity index (χ1v) is 7.88. The van der Waals surface area contributed by atoms with E-state index >= 15 is 0 Å². The summed E-state index contributed by atoms with van der Waals surface area (Å²) in [6, 6.07) is 0.446. The second kappa shape index (κ2) is 5.75. The maximum Gasteiger partial charge on any atom is 0.251 e. The number of rotatable bonds is 4. The van der Waals surface area contributed by atoms with Gasteiger partial charge in [-0.3, -0.25) is 4.79 Å². The minimum absolute atomic E-state index is 0.126. The van der Waals surface area contributed by atoms with E-state index in [0.29, 0.717) is 29.2 Å². The molecule has 0 atom stereocenters. The van der Waals surface area contributed by atoms with Gasteiger partial charge in [-0.1, -0.05) is 0 Å². The van der Waals surface area contributed by atoms with Crippen molar-refractivity contribution in [2.45, 2.75) is 18.9 Å². The number of aromatic nitrogens is 4. The zero-order chi connectivity index (χ0) is 16.7. The molecule has 0 radical (unpaired) electrons. The molecule has 24 heavy (non-hydrogen) atoms. The van der Waals surface area contributed by atoms with Crippen molar-refractivity contribution in [3.05, 3.63) is 17.3 Å². The summed E-state index contributed by atoms with van der Waals surface area (Å²) >= 11 is 0. The van der Waals surface area contributed by atoms with E-state index in [1.165, 1.54) is 0 Å². The van der Waals surface area contributed by atoms with Crippen LogP contribution < -0.4 is 15.5 Å². The molecule has 0 aromatic carbocycles. The van der Waals surface area contributed by atoms with Crippen LogP contribution in [0.4, 0.5) is 11.9 Å². The third-order valence-corrected chi connectivity index (χ3v) is 3.91. The monoisotopic (exact) mass is 329 g/mol. The lowest BCUT2D eigenvalue weighted by molar-refractivity contribution is -0.122. The molecule has 2 aliphatic rings. The second-order valence-electron chi connectivity index (χ2n) is 6.16. The number of nitrogens with one attached hydrogen (secondary N) is 2. The lowest BCUT2D eigenvalue weighted by Crippen LogP contribution is -2.34. The molecule has 3 heterocycles. The predicted molar refractivity (Wildman–Crippen MR) is 88.7 cm³/mol. The number of hydrogen-bond donors (Lipinski definition) is 2. The summed E-state index contributed by atoms with van der Waals surface area (Å²) in [5, 5.41) is 10.4. The molecule has 4 rings (SSSR count). The van der Waals surface area contributed by atoms with Gasteiger partial charge in [0.2, 0.25) is 11.9 Å². The molecule has 2 N–H and O–H groups in total. The topological polar surface area (TPSA) is 96.7 Å². The van der Waals surface area contributed by atoms with Crippen LogP contribution in [0.5, 0.6) is 0 Å². The SMILES string of the molecule is CN(C)c1nc(NC2CC2)n2ncc(/C=C3\COCNC3=O)c2n1. The maximum atomic E-state index is 11.9. The van der Waals surface area contributed by atoms with Crippen LogP contribution in [-0.2, 0) is 9.53 Å². The molecule has 1 amide bonds. The highest BCUT2D eigenvalue weighted by atomic mass is 16.5. The van der Waals surface area contributed by atoms with Crippen LogP contribution in [0, 0.1) is 0 Å². The average Bonchev–Trinajstić information content (AvgIpc) is 3.29. The van der Waals surface area contributed by atoms with Crippen LogP contribution in [-0.4, -0.2) is 59.0 Å². The molecule has 1 aliphatic heterocycles. The van der Waals surface area contributed by atoms with E-state index in [9.17, 15) is 4.79 Å². The van der Waals surface area contributed by atoms with E-state index in [-0.39, 0.29) is 19.2 Å². The zero-order valence-electron chi connectivity index (χ0n) is 13.6. The Hall–Kier alpha value is -2.68. The summed E-state index contributed by atoms with van der Waals surface area (Å²) in [5.41, 5.74) is 1.97. The Morgan fingerprint density at radius 1 is 1.42 bits per heavy atom. The van der Waals surface area contributed by atoms with Gasteiger partial charge >= 0.3 is 0 Å². The summed E-state index contributed by atoms with van der Waals surface area (Å²) in [6.07, 6.45) is 5.73. The van der Waals surface area contributed by atoms with Gasteiger partial charge in [0.25, 0.3) is 5.91 Å². The number of ether oxygens (including phenoxy) is 1. The van der Waals surface area contributed by atoms with Crippen LogP contribution in [0.2, 0.25) is 0 Å². The van der Waals surface area contributed by atoms with Crippen molar-refractivity contribution in [2.75, 3.05) is 37.6 Å². The average molecular weight is 329 g/mol. The summed E-state index contributed by atoms with van der Waals surface area (Å²) in [5.74, 6) is 1.13. The van der Waals surface area contributed by atoms with E-state index < -0.39 is 0 Å². The van der Waals surface area contributed by atoms with Crippen molar-refractivity contribution in [3.8, 4) is 0 Å². The predicted octanol–water partition coefficient (Wildman–Crippen LogP) is 0.252. The molecule has 2 fully saturated rings. The minimum atomic E-state index is -0.126. The number of fused-ring (bicyclic) bond motifs is 1. The van der Waals surface area contributed by atoms with E-state index in [0.717, 1.165) is 18.4 Å². The Kier molecular flexibility index (Phi) is 3.57. The van der Waals surface area contributed by atoms with Gasteiger partial charge in [0.1, 0.15) is 6.73 Å². The first-order chi connectivity index (χ1) is 11.6. The fraction of sp³-hybridized carbons (Fsp3) is 0.467. The lowest BCUT2D eigenvalue weighted by atomic mass is 10.1. The number of amides is 1. The van der Waals surface area contributed by atoms with Crippen LogP contribution >= 0.6 is 0 Å². The summed E-state index contributed by atoms with van der Waals surface area (Å²) in [4.78, 5) is 22.9. The quantitative estimate of drug-likeness (QED) is 0.776. The first-order valence-electron chi connectivity index (χ1n) is 7.88. The second-order valence-corrected chi connectivity index (χ2v) is 6.16. The molecule has 1 saturated carbocycles. The zero-order valence-corrected chi connectivity index (χ0v) is 13.6. The number of carbonyl (C=O) groups is 1. The number of carbonyl (C=O) groups excluding carboxylic acids is 1. The Labute approximate surface area is 138 Å². The largest absolute Gasteiger partial charge is 0.356 e. The number of hydrogen-bond acceptors (Lipinski definition) is 7. The highest BCUT2D eigenvalue weighted by Gasteiger charge is 2.24. The Morgan fingerprint density at radius 2 is 2.25 bits per heavy atom. The van der Waals surface area contributed by atoms with Gasteiger partial charge in [-0.05, 0) is 18.9 Å². The molecule has 1 aliphatic carbocycles. The van der Waals surface area contributed by atoms with Crippen molar-refractivity contribution in [2.24, 2.45) is 0 Å². The minimum Gasteiger partial charge on any atom is -0.356 e. The van der Waals surface area contributed by atoms with Gasteiger partial charge in [-0.25, -0.2) is 0 Å². The van der Waals surface area contributed by atoms with Gasteiger partial charge in [-0.15, -0.1) is 0 Å². The smallest absolute Gasteiger partial charge is 0.251 e. The fourth-order valence-electron chi connectivity index (χ4n) is 2.44. The van der Waals surface area contributed by atoms with E-state index in [1.54, 1.807) is 16.8 Å². The van der Waals surface area contributed by atoms with E-state index in [1.807, 2.05) is 19.0 Å². The van der Waals surface area contributed by atoms with Gasteiger partial charge in [0.05, 0.1) is 12.8 Å². The van der Waals surface area contributed by atoms with E-state index in [2.05, 4.69) is 25.7 Å². The molecule has 9 heteroatoms. The fourth-order valence-corrected chi connectivity index (χ4v) is 2.44. The van der Waals surface area contributed by atoms with Crippen LogP contribution in [0.1, 0.15) is 18.4 Å². The molecular formula is C15H19N7O2. The van der Waals surface area contributed by atoms with Gasteiger partial charge in [0.15, 0.2) is 5.65 Å². The standard InChI is InChI=1S/C15H19N7O2/c1-21(2)14-19-12-9(5-10-7-24-8-16-13(10)23)6-17-22(12)15(20-14)18-11-3-4-11/h5-6,11H,3-4,7-8H2,1-2H3,(H,16,23)(H,18,19,20)/b10-5+. The Bertz CT molecular complexity index is 823. The van der Waals surface area contributed by atoms with Gasteiger partial charge < -0.3 is 20.3 Å². The summed E-state index contributed by atoms with van der Waals surface area (Å²) in [6.45, 7) is 0.523. The van der Waals surface area contributed by atoms with Crippen molar-refractivity contribution in [1.82, 2.24) is 24.9 Å². The van der Waals surface area contributed by atoms with Crippen LogP contribution in [0.3, 0.4) is 0 Å². The first kappa shape index (κ1) is 14.9. The van der Waals surface area contributed by atoms with Crippen LogP contribution in [0.25, 0.3) is 11.7 Å². The van der Waals surface area contributed by atoms with E-state index in [4.69, 9.17) is 4.74 Å². The van der Waals surface area contributed by atoms with Crippen molar-refractivity contribution >= 4 is 29.5 Å². The third-order valence-electron chi connectivity index (χ3n) is 3.91. The molecule has 126 valence electrons. The molecule has 0 bridgehead atoms. The molecule has 1 saturated heterocycles. The maximum absolute atomic E-state index is 11.9. The van der Waals surface area contributed by atoms with Crippen molar-refractivity contribution in [1.29, 1.82) is 0 Å². The summed E-state index contributed by atoms with van der Waals surface area (Å²) in [7, 11) is 3.79. The molecule has 0 unspecified atom stereocenters. The highest BCUT2D eigenvalue weighted by molar-refractivity contribution is 5.99. The molecule has 9 nitrogen and oxygen atoms in total.